The molecule has 0 saturated carbocycles. The van der Waals surface area contributed by atoms with Gasteiger partial charge in [-0.05, 0) is 0 Å². The van der Waals surface area contributed by atoms with E-state index in [0.29, 0.717) is 0 Å². The van der Waals surface area contributed by atoms with E-state index < -0.39 is 18.5 Å². The average Bonchev–Trinajstić information content (AvgIpc) is 1.65. The number of aliphatic hydroxyl groups excluding tert-OH is 1. The van der Waals surface area contributed by atoms with Crippen molar-refractivity contribution < 1.29 is 14.7 Å². The zero-order valence-corrected chi connectivity index (χ0v) is 6.79. The second-order valence-electron chi connectivity index (χ2n) is 1.07. The fourth-order valence-electron chi connectivity index (χ4n) is 0.177. The lowest BCUT2D eigenvalue weighted by Gasteiger charge is -1.92. The van der Waals surface area contributed by atoms with E-state index in [1.165, 1.54) is 0 Å². The third kappa shape index (κ3) is 7.63. The Morgan fingerprint density at radius 3 is 2.11 bits per heavy atom. The Kier molecular flexibility index (Phi) is 7.32. The molecule has 0 atom stereocenters. The standard InChI is InChI=1S/C3H6N2O3.HI/c4-3(8)5-2(7)1-6;/h6H,1H2,(H3,4,5,7,8);1H. The number of hydrogen-bond donors (Lipinski definition) is 3. The lowest BCUT2D eigenvalue weighted by atomic mass is 10.6. The number of urea groups is 1. The highest BCUT2D eigenvalue weighted by Crippen LogP contribution is 1.58. The molecule has 0 aliphatic carbocycles. The van der Waals surface area contributed by atoms with Crippen LogP contribution in [0.4, 0.5) is 4.79 Å². The molecule has 0 spiro atoms. The Labute approximate surface area is 68.6 Å². The first kappa shape index (κ1) is 11.4. The van der Waals surface area contributed by atoms with Gasteiger partial charge in [-0.25, -0.2) is 4.79 Å². The van der Waals surface area contributed by atoms with E-state index in [-0.39, 0.29) is 24.0 Å². The number of nitrogens with one attached hydrogen (secondary N) is 1. The van der Waals surface area contributed by atoms with Gasteiger partial charge in [0.15, 0.2) is 0 Å². The van der Waals surface area contributed by atoms with Crippen LogP contribution >= 0.6 is 24.0 Å². The average molecular weight is 246 g/mol. The Bertz CT molecular complexity index is 116. The number of carbonyl (C=O) groups excluding carboxylic acids is 2. The largest absolute Gasteiger partial charge is 0.387 e. The van der Waals surface area contributed by atoms with Crippen LogP contribution in [0, 0.1) is 0 Å². The number of nitrogens with two attached hydrogens (primary N) is 1. The minimum Gasteiger partial charge on any atom is -0.387 e. The van der Waals surface area contributed by atoms with Crippen LogP contribution in [0.25, 0.3) is 0 Å². The minimum atomic E-state index is -0.955. The summed E-state index contributed by atoms with van der Waals surface area (Å²) in [4.78, 5) is 19.7. The Morgan fingerprint density at radius 2 is 2.00 bits per heavy atom. The van der Waals surface area contributed by atoms with Gasteiger partial charge in [0.25, 0.3) is 5.91 Å². The topological polar surface area (TPSA) is 92.4 Å². The summed E-state index contributed by atoms with van der Waals surface area (Å²) >= 11 is 0. The number of amides is 3. The molecule has 0 radical (unpaired) electrons. The molecule has 4 N–H and O–H groups in total. The van der Waals surface area contributed by atoms with Crippen molar-refractivity contribution in [2.45, 2.75) is 0 Å². The highest BCUT2D eigenvalue weighted by molar-refractivity contribution is 14.0. The van der Waals surface area contributed by atoms with E-state index in [2.05, 4.69) is 5.73 Å². The van der Waals surface area contributed by atoms with E-state index in [4.69, 9.17) is 5.11 Å². The van der Waals surface area contributed by atoms with Gasteiger partial charge in [0.1, 0.15) is 6.61 Å². The van der Waals surface area contributed by atoms with E-state index in [0.717, 1.165) is 0 Å². The van der Waals surface area contributed by atoms with Crippen molar-refractivity contribution in [2.24, 2.45) is 5.73 Å². The number of rotatable bonds is 1. The SMILES string of the molecule is I.NC(=O)NC(=O)CO. The molecule has 0 aliphatic heterocycles. The molecule has 0 aliphatic rings. The summed E-state index contributed by atoms with van der Waals surface area (Å²) in [5, 5.41) is 9.61. The van der Waals surface area contributed by atoms with Crippen molar-refractivity contribution in [1.29, 1.82) is 0 Å². The maximum absolute atomic E-state index is 9.96. The molecule has 3 amide bonds. The maximum Gasteiger partial charge on any atom is 0.318 e. The fourth-order valence-corrected chi connectivity index (χ4v) is 0.177. The lowest BCUT2D eigenvalue weighted by molar-refractivity contribution is -0.122. The van der Waals surface area contributed by atoms with Gasteiger partial charge >= 0.3 is 6.03 Å². The third-order valence-electron chi connectivity index (χ3n) is 0.406. The monoisotopic (exact) mass is 246 g/mol. The normalized spacial score (nSPS) is 7.22. The molecule has 0 fully saturated rings. The Balaban J connectivity index is 0. The van der Waals surface area contributed by atoms with Crippen LogP contribution in [0.15, 0.2) is 0 Å². The van der Waals surface area contributed by atoms with Gasteiger partial charge in [0.05, 0.1) is 0 Å². The molecule has 0 aromatic heterocycles. The number of imide groups is 1. The Hall–Kier alpha value is -0.370. The zero-order valence-electron chi connectivity index (χ0n) is 4.46. The molecule has 0 aromatic carbocycles. The zero-order chi connectivity index (χ0) is 6.57. The van der Waals surface area contributed by atoms with Gasteiger partial charge < -0.3 is 10.8 Å². The summed E-state index contributed by atoms with van der Waals surface area (Å²) in [7, 11) is 0. The molecule has 6 heteroatoms. The van der Waals surface area contributed by atoms with Gasteiger partial charge in [0.2, 0.25) is 0 Å². The van der Waals surface area contributed by atoms with Crippen LogP contribution < -0.4 is 11.1 Å². The van der Waals surface area contributed by atoms with Gasteiger partial charge in [-0.1, -0.05) is 0 Å². The second kappa shape index (κ2) is 5.76. The lowest BCUT2D eigenvalue weighted by Crippen LogP contribution is -2.36. The molecule has 9 heavy (non-hydrogen) atoms. The predicted molar refractivity (Wildman–Crippen MR) is 40.2 cm³/mol. The summed E-state index contributed by atoms with van der Waals surface area (Å²) in [6.07, 6.45) is 0. The first-order valence-corrected chi connectivity index (χ1v) is 1.87. The molecule has 0 aromatic rings. The van der Waals surface area contributed by atoms with Gasteiger partial charge in [0, 0.05) is 0 Å². The third-order valence-corrected chi connectivity index (χ3v) is 0.406. The van der Waals surface area contributed by atoms with Crippen LogP contribution in [0.1, 0.15) is 0 Å². The number of hydrogen-bond acceptors (Lipinski definition) is 3. The van der Waals surface area contributed by atoms with Gasteiger partial charge in [-0.3, -0.25) is 10.1 Å². The van der Waals surface area contributed by atoms with Crippen LogP contribution in [0.3, 0.4) is 0 Å². The summed E-state index contributed by atoms with van der Waals surface area (Å²) in [6.45, 7) is -0.719. The summed E-state index contributed by atoms with van der Waals surface area (Å²) in [5.41, 5.74) is 4.49. The van der Waals surface area contributed by atoms with Gasteiger partial charge in [-0.2, -0.15) is 0 Å². The fraction of sp³-hybridized carbons (Fsp3) is 0.333. The quantitative estimate of drug-likeness (QED) is 0.507. The van der Waals surface area contributed by atoms with Crippen molar-refractivity contribution >= 4 is 35.9 Å². The number of primary amides is 1. The molecule has 0 saturated heterocycles. The van der Waals surface area contributed by atoms with Crippen LogP contribution in [-0.4, -0.2) is 23.7 Å². The van der Waals surface area contributed by atoms with E-state index >= 15 is 0 Å². The molecule has 0 heterocycles. The molecule has 54 valence electrons. The number of aliphatic hydroxyl groups is 1. The number of carbonyl (C=O) groups is 2. The molecular formula is C3H7IN2O3. The summed E-state index contributed by atoms with van der Waals surface area (Å²) in [6, 6.07) is -0.955. The van der Waals surface area contributed by atoms with Gasteiger partial charge in [-0.15, -0.1) is 24.0 Å². The van der Waals surface area contributed by atoms with Crippen LogP contribution in [0.5, 0.6) is 0 Å². The van der Waals surface area contributed by atoms with Crippen LogP contribution in [0.2, 0.25) is 0 Å². The first-order chi connectivity index (χ1) is 3.66. The van der Waals surface area contributed by atoms with E-state index in [9.17, 15) is 9.59 Å². The van der Waals surface area contributed by atoms with Crippen molar-refractivity contribution in [3.8, 4) is 0 Å². The van der Waals surface area contributed by atoms with Crippen molar-refractivity contribution in [3.63, 3.8) is 0 Å². The smallest absolute Gasteiger partial charge is 0.318 e. The predicted octanol–water partition coefficient (Wildman–Crippen LogP) is -1.21. The Morgan fingerprint density at radius 1 is 1.56 bits per heavy atom. The van der Waals surface area contributed by atoms with Crippen molar-refractivity contribution in [3.05, 3.63) is 0 Å². The maximum atomic E-state index is 9.96. The molecule has 0 bridgehead atoms. The van der Waals surface area contributed by atoms with E-state index in [1.54, 1.807) is 5.32 Å². The minimum absolute atomic E-state index is 0. The molecule has 5 nitrogen and oxygen atoms in total. The molecular weight excluding hydrogens is 239 g/mol. The van der Waals surface area contributed by atoms with Crippen molar-refractivity contribution in [2.75, 3.05) is 6.61 Å². The van der Waals surface area contributed by atoms with Crippen molar-refractivity contribution in [1.82, 2.24) is 5.32 Å². The molecule has 0 unspecified atom stereocenters. The highest BCUT2D eigenvalue weighted by atomic mass is 127. The van der Waals surface area contributed by atoms with Crippen LogP contribution in [-0.2, 0) is 4.79 Å². The summed E-state index contributed by atoms with van der Waals surface area (Å²) in [5.74, 6) is -0.794. The first-order valence-electron chi connectivity index (χ1n) is 1.87. The number of halogens is 1. The second-order valence-corrected chi connectivity index (χ2v) is 1.07. The highest BCUT2D eigenvalue weighted by Gasteiger charge is 1.98. The van der Waals surface area contributed by atoms with E-state index in [1.807, 2.05) is 0 Å². The molecule has 0 rings (SSSR count). The summed E-state index contributed by atoms with van der Waals surface area (Å²) < 4.78 is 0.